The summed E-state index contributed by atoms with van der Waals surface area (Å²) in [4.78, 5) is 28.0. The summed E-state index contributed by atoms with van der Waals surface area (Å²) in [5.74, 6) is -1.02. The molecule has 210 valence electrons. The number of aryl methyl sites for hydroxylation is 1. The topological polar surface area (TPSA) is 76.1 Å². The lowest BCUT2D eigenvalue weighted by Gasteiger charge is -2.26. The zero-order chi connectivity index (χ0) is 29.4. The van der Waals surface area contributed by atoms with E-state index in [0.29, 0.717) is 28.2 Å². The van der Waals surface area contributed by atoms with Crippen molar-refractivity contribution in [1.29, 1.82) is 0 Å². The number of hydrogen-bond donors (Lipinski definition) is 1. The lowest BCUT2D eigenvalue weighted by atomic mass is 9.91. The molecule has 0 saturated carbocycles. The highest BCUT2D eigenvalue weighted by Crippen LogP contribution is 2.42. The number of carbonyl (C=O) groups excluding carboxylic acids is 2. The van der Waals surface area contributed by atoms with Gasteiger partial charge in [0.1, 0.15) is 17.3 Å². The Bertz CT molecular complexity index is 1480. The van der Waals surface area contributed by atoms with E-state index in [9.17, 15) is 27.9 Å². The minimum atomic E-state index is -4.57. The van der Waals surface area contributed by atoms with E-state index < -0.39 is 29.5 Å². The van der Waals surface area contributed by atoms with Gasteiger partial charge in [0, 0.05) is 12.1 Å². The van der Waals surface area contributed by atoms with Crippen LogP contribution in [0.1, 0.15) is 59.2 Å². The average Bonchev–Trinajstić information content (AvgIpc) is 3.17. The summed E-state index contributed by atoms with van der Waals surface area (Å²) < 4.78 is 50.8. The summed E-state index contributed by atoms with van der Waals surface area (Å²) >= 11 is 0. The van der Waals surface area contributed by atoms with Crippen molar-refractivity contribution in [1.82, 2.24) is 4.90 Å². The molecular formula is C31H30F3NO5. The van der Waals surface area contributed by atoms with Gasteiger partial charge in [0.15, 0.2) is 0 Å². The predicted molar refractivity (Wildman–Crippen MR) is 144 cm³/mol. The van der Waals surface area contributed by atoms with Gasteiger partial charge in [-0.1, -0.05) is 38.1 Å². The van der Waals surface area contributed by atoms with Crippen molar-refractivity contribution in [2.45, 2.75) is 45.5 Å². The van der Waals surface area contributed by atoms with Crippen molar-refractivity contribution < 1.29 is 37.3 Å². The number of Topliss-reactive ketones (excluding diaryl/α,β-unsaturated/α-hetero) is 1. The smallest absolute Gasteiger partial charge is 0.416 e. The standard InChI is InChI=1S/C31H30F3NO5/c1-17(2)23-15-24(18(3)13-25(23)40-5)28(36)26-27(20-9-11-22(39-4)12-10-20)35(30(38)29(26)37)16-19-7-6-8-21(14-19)31(32,33)34/h6-15,17,27,36H,16H2,1-5H3/b28-26+. The Morgan fingerprint density at radius 1 is 1.00 bits per heavy atom. The molecule has 3 aromatic carbocycles. The first kappa shape index (κ1) is 28.7. The summed E-state index contributed by atoms with van der Waals surface area (Å²) in [5.41, 5.74) is 1.45. The molecule has 3 aromatic rings. The number of nitrogens with zero attached hydrogens (tertiary/aromatic N) is 1. The highest BCUT2D eigenvalue weighted by atomic mass is 19.4. The van der Waals surface area contributed by atoms with E-state index in [1.807, 2.05) is 13.8 Å². The van der Waals surface area contributed by atoms with E-state index in [1.54, 1.807) is 50.4 Å². The number of alkyl halides is 3. The number of rotatable bonds is 7. The molecule has 1 fully saturated rings. The fraction of sp³-hybridized carbons (Fsp3) is 0.290. The second-order valence-corrected chi connectivity index (χ2v) is 9.96. The van der Waals surface area contributed by atoms with E-state index in [1.165, 1.54) is 24.1 Å². The number of likely N-dealkylation sites (tertiary alicyclic amines) is 1. The van der Waals surface area contributed by atoms with E-state index in [2.05, 4.69) is 0 Å². The first-order valence-corrected chi connectivity index (χ1v) is 12.6. The second-order valence-electron chi connectivity index (χ2n) is 9.96. The van der Waals surface area contributed by atoms with Gasteiger partial charge >= 0.3 is 6.18 Å². The fourth-order valence-electron chi connectivity index (χ4n) is 4.94. The van der Waals surface area contributed by atoms with Crippen LogP contribution in [0.25, 0.3) is 5.76 Å². The molecular weight excluding hydrogens is 523 g/mol. The number of amides is 1. The van der Waals surface area contributed by atoms with Gasteiger partial charge in [0.05, 0.1) is 31.4 Å². The van der Waals surface area contributed by atoms with Crippen LogP contribution in [0.2, 0.25) is 0 Å². The fourth-order valence-corrected chi connectivity index (χ4v) is 4.94. The molecule has 0 spiro atoms. The number of hydrogen-bond acceptors (Lipinski definition) is 5. The van der Waals surface area contributed by atoms with Crippen molar-refractivity contribution >= 4 is 17.4 Å². The van der Waals surface area contributed by atoms with E-state index >= 15 is 0 Å². The van der Waals surface area contributed by atoms with Crippen LogP contribution in [0.5, 0.6) is 11.5 Å². The van der Waals surface area contributed by atoms with Crippen LogP contribution in [0, 0.1) is 6.92 Å². The molecule has 1 saturated heterocycles. The maximum absolute atomic E-state index is 13.5. The van der Waals surface area contributed by atoms with Gasteiger partial charge in [-0.25, -0.2) is 0 Å². The Kier molecular flexibility index (Phi) is 7.95. The van der Waals surface area contributed by atoms with Crippen LogP contribution in [0.15, 0.2) is 66.2 Å². The maximum Gasteiger partial charge on any atom is 0.416 e. The van der Waals surface area contributed by atoms with Gasteiger partial charge in [-0.05, 0) is 71.5 Å². The summed E-state index contributed by atoms with van der Waals surface area (Å²) in [7, 11) is 3.04. The third kappa shape index (κ3) is 5.41. The molecule has 40 heavy (non-hydrogen) atoms. The molecule has 0 aromatic heterocycles. The largest absolute Gasteiger partial charge is 0.507 e. The number of aliphatic hydroxyl groups is 1. The molecule has 9 heteroatoms. The molecule has 4 rings (SSSR count). The van der Waals surface area contributed by atoms with Gasteiger partial charge < -0.3 is 19.5 Å². The quantitative estimate of drug-likeness (QED) is 0.198. The van der Waals surface area contributed by atoms with Crippen molar-refractivity contribution in [3.8, 4) is 11.5 Å². The number of ketones is 1. The lowest BCUT2D eigenvalue weighted by Crippen LogP contribution is -2.29. The Morgan fingerprint density at radius 2 is 1.68 bits per heavy atom. The Balaban J connectivity index is 1.90. The number of aliphatic hydroxyl groups excluding tert-OH is 1. The number of halogens is 3. The maximum atomic E-state index is 13.5. The van der Waals surface area contributed by atoms with Crippen molar-refractivity contribution in [2.24, 2.45) is 0 Å². The molecule has 1 atom stereocenters. The third-order valence-corrected chi connectivity index (χ3v) is 7.03. The Morgan fingerprint density at radius 3 is 2.25 bits per heavy atom. The van der Waals surface area contributed by atoms with Crippen LogP contribution in [0.3, 0.4) is 0 Å². The van der Waals surface area contributed by atoms with Gasteiger partial charge in [-0.3, -0.25) is 9.59 Å². The number of ether oxygens (including phenoxy) is 2. The average molecular weight is 554 g/mol. The zero-order valence-electron chi connectivity index (χ0n) is 22.8. The molecule has 0 aliphatic carbocycles. The predicted octanol–water partition coefficient (Wildman–Crippen LogP) is 6.78. The highest BCUT2D eigenvalue weighted by Gasteiger charge is 2.46. The third-order valence-electron chi connectivity index (χ3n) is 7.03. The summed E-state index contributed by atoms with van der Waals surface area (Å²) in [5, 5.41) is 11.6. The summed E-state index contributed by atoms with van der Waals surface area (Å²) in [6.45, 7) is 5.40. The minimum absolute atomic E-state index is 0.0304. The molecule has 6 nitrogen and oxygen atoms in total. The van der Waals surface area contributed by atoms with Gasteiger partial charge in [-0.2, -0.15) is 13.2 Å². The highest BCUT2D eigenvalue weighted by molar-refractivity contribution is 6.46. The first-order valence-electron chi connectivity index (χ1n) is 12.6. The Labute approximate surface area is 230 Å². The normalized spacial score (nSPS) is 17.0. The minimum Gasteiger partial charge on any atom is -0.507 e. The Hall–Kier alpha value is -4.27. The molecule has 1 amide bonds. The molecule has 0 bridgehead atoms. The van der Waals surface area contributed by atoms with Gasteiger partial charge in [0.25, 0.3) is 11.7 Å². The monoisotopic (exact) mass is 553 g/mol. The second kappa shape index (κ2) is 11.1. The number of benzene rings is 3. The van der Waals surface area contributed by atoms with Crippen LogP contribution in [-0.2, 0) is 22.3 Å². The molecule has 0 radical (unpaired) electrons. The van der Waals surface area contributed by atoms with Crippen molar-refractivity contribution in [3.05, 3.63) is 99.6 Å². The van der Waals surface area contributed by atoms with Crippen LogP contribution in [-0.4, -0.2) is 35.9 Å². The number of carbonyl (C=O) groups is 2. The SMILES string of the molecule is COc1ccc(C2/C(=C(\O)c3cc(C(C)C)c(OC)cc3C)C(=O)C(=O)N2Cc2cccc(C(F)(F)F)c2)cc1. The summed E-state index contributed by atoms with van der Waals surface area (Å²) in [6, 6.07) is 13.7. The van der Waals surface area contributed by atoms with Gasteiger partial charge in [0.2, 0.25) is 0 Å². The lowest BCUT2D eigenvalue weighted by molar-refractivity contribution is -0.140. The van der Waals surface area contributed by atoms with Crippen LogP contribution < -0.4 is 9.47 Å². The van der Waals surface area contributed by atoms with Crippen LogP contribution >= 0.6 is 0 Å². The van der Waals surface area contributed by atoms with Crippen molar-refractivity contribution in [2.75, 3.05) is 14.2 Å². The van der Waals surface area contributed by atoms with Crippen LogP contribution in [0.4, 0.5) is 13.2 Å². The summed E-state index contributed by atoms with van der Waals surface area (Å²) in [6.07, 6.45) is -4.57. The zero-order valence-corrected chi connectivity index (χ0v) is 22.8. The molecule has 1 aliphatic heterocycles. The van der Waals surface area contributed by atoms with Gasteiger partial charge in [-0.15, -0.1) is 0 Å². The molecule has 1 heterocycles. The van der Waals surface area contributed by atoms with E-state index in [-0.39, 0.29) is 29.4 Å². The van der Waals surface area contributed by atoms with Crippen molar-refractivity contribution in [3.63, 3.8) is 0 Å². The number of methoxy groups -OCH3 is 2. The van der Waals surface area contributed by atoms with E-state index in [0.717, 1.165) is 17.7 Å². The molecule has 1 N–H and O–H groups in total. The van der Waals surface area contributed by atoms with E-state index in [4.69, 9.17) is 9.47 Å². The molecule has 1 aliphatic rings. The molecule has 1 unspecified atom stereocenters. The first-order chi connectivity index (χ1) is 18.9.